The second kappa shape index (κ2) is 8.24. The molecule has 2 fully saturated rings. The minimum atomic E-state index is -0.633. The lowest BCUT2D eigenvalue weighted by Crippen LogP contribution is -2.55. The summed E-state index contributed by atoms with van der Waals surface area (Å²) < 4.78 is 6.90. The van der Waals surface area contributed by atoms with E-state index in [1.165, 1.54) is 0 Å². The van der Waals surface area contributed by atoms with Crippen LogP contribution in [0.15, 0.2) is 30.3 Å². The van der Waals surface area contributed by atoms with Gasteiger partial charge >= 0.3 is 11.8 Å². The Morgan fingerprint density at radius 1 is 1.24 bits per heavy atom. The van der Waals surface area contributed by atoms with Crippen molar-refractivity contribution in [2.24, 2.45) is 5.92 Å². The molecule has 154 valence electrons. The molecule has 2 atom stereocenters. The number of likely N-dealkylation sites (tertiary alicyclic amines) is 1. The van der Waals surface area contributed by atoms with E-state index in [0.29, 0.717) is 30.9 Å². The minimum absolute atomic E-state index is 0.367. The van der Waals surface area contributed by atoms with E-state index in [1.54, 1.807) is 22.8 Å². The van der Waals surface area contributed by atoms with Crippen molar-refractivity contribution in [3.8, 4) is 11.4 Å². The number of carbonyl (C=O) groups excluding carboxylic acids is 2. The topological polar surface area (TPSA) is 88.5 Å². The van der Waals surface area contributed by atoms with Gasteiger partial charge < -0.3 is 20.3 Å². The Morgan fingerprint density at radius 2 is 2.03 bits per heavy atom. The quantitative estimate of drug-likeness (QED) is 0.770. The van der Waals surface area contributed by atoms with Gasteiger partial charge in [-0.1, -0.05) is 0 Å². The lowest BCUT2D eigenvalue weighted by atomic mass is 9.85. The van der Waals surface area contributed by atoms with Crippen LogP contribution in [-0.2, 0) is 9.59 Å². The molecule has 4 rings (SSSR count). The van der Waals surface area contributed by atoms with E-state index in [4.69, 9.17) is 4.74 Å². The van der Waals surface area contributed by atoms with Crippen LogP contribution in [0.2, 0.25) is 0 Å². The van der Waals surface area contributed by atoms with Gasteiger partial charge in [-0.25, -0.2) is 4.68 Å². The lowest BCUT2D eigenvalue weighted by Gasteiger charge is -2.41. The maximum absolute atomic E-state index is 12.7. The van der Waals surface area contributed by atoms with E-state index >= 15 is 0 Å². The number of aryl methyl sites for hydroxylation is 1. The number of nitrogens with one attached hydrogen (secondary N) is 2. The molecule has 2 aliphatic heterocycles. The molecule has 0 saturated carbocycles. The average molecular weight is 397 g/mol. The van der Waals surface area contributed by atoms with E-state index in [1.807, 2.05) is 31.2 Å². The maximum Gasteiger partial charge on any atom is 0.315 e. The van der Waals surface area contributed by atoms with Crippen LogP contribution in [0.1, 0.15) is 25.0 Å². The number of methoxy groups -OCH3 is 1. The third-order valence-corrected chi connectivity index (χ3v) is 5.82. The van der Waals surface area contributed by atoms with Gasteiger partial charge in [-0.15, -0.1) is 5.10 Å². The van der Waals surface area contributed by atoms with Crippen molar-refractivity contribution in [3.05, 3.63) is 36.0 Å². The van der Waals surface area contributed by atoms with E-state index < -0.39 is 11.8 Å². The SMILES string of the molecule is COc1ccc(-n2nc(NC(=O)C(=O)N3CCC4NCCCC4C3)cc2C)cc1. The van der Waals surface area contributed by atoms with Crippen LogP contribution in [0.25, 0.3) is 5.69 Å². The molecule has 29 heavy (non-hydrogen) atoms. The van der Waals surface area contributed by atoms with Crippen LogP contribution >= 0.6 is 0 Å². The Bertz CT molecular complexity index is 892. The largest absolute Gasteiger partial charge is 0.497 e. The van der Waals surface area contributed by atoms with Gasteiger partial charge in [0.2, 0.25) is 0 Å². The first-order valence-corrected chi connectivity index (χ1v) is 10.1. The van der Waals surface area contributed by atoms with Crippen LogP contribution in [0, 0.1) is 12.8 Å². The van der Waals surface area contributed by atoms with Gasteiger partial charge in [0.05, 0.1) is 12.8 Å². The van der Waals surface area contributed by atoms with Gasteiger partial charge in [-0.05, 0) is 62.9 Å². The molecular weight excluding hydrogens is 370 g/mol. The first kappa shape index (κ1) is 19.4. The molecule has 2 saturated heterocycles. The van der Waals surface area contributed by atoms with Crippen molar-refractivity contribution < 1.29 is 14.3 Å². The second-order valence-electron chi connectivity index (χ2n) is 7.74. The van der Waals surface area contributed by atoms with Crippen LogP contribution in [-0.4, -0.2) is 59.3 Å². The van der Waals surface area contributed by atoms with Crippen molar-refractivity contribution >= 4 is 17.6 Å². The Morgan fingerprint density at radius 3 is 2.79 bits per heavy atom. The lowest BCUT2D eigenvalue weighted by molar-refractivity contribution is -0.144. The standard InChI is InChI=1S/C21H27N5O3/c1-14-12-19(24-26(14)16-5-7-17(29-2)8-6-16)23-20(27)21(28)25-11-9-18-15(13-25)4-3-10-22-18/h5-8,12,15,18,22H,3-4,9-11,13H2,1-2H3,(H,23,24,27). The Labute approximate surface area is 170 Å². The second-order valence-corrected chi connectivity index (χ2v) is 7.74. The first-order chi connectivity index (χ1) is 14.0. The molecule has 2 amide bonds. The van der Waals surface area contributed by atoms with E-state index in [2.05, 4.69) is 15.7 Å². The highest BCUT2D eigenvalue weighted by Gasteiger charge is 2.34. The van der Waals surface area contributed by atoms with E-state index in [-0.39, 0.29) is 0 Å². The summed E-state index contributed by atoms with van der Waals surface area (Å²) >= 11 is 0. The molecule has 3 heterocycles. The van der Waals surface area contributed by atoms with Gasteiger partial charge in [0, 0.05) is 30.9 Å². The highest BCUT2D eigenvalue weighted by atomic mass is 16.5. The summed E-state index contributed by atoms with van der Waals surface area (Å²) in [6.45, 7) is 4.20. The summed E-state index contributed by atoms with van der Waals surface area (Å²) in [6, 6.07) is 9.70. The fourth-order valence-corrected chi connectivity index (χ4v) is 4.26. The predicted octanol–water partition coefficient (Wildman–Crippen LogP) is 1.73. The third kappa shape index (κ3) is 4.12. The fourth-order valence-electron chi connectivity index (χ4n) is 4.26. The van der Waals surface area contributed by atoms with Gasteiger partial charge in [-0.2, -0.15) is 0 Å². The third-order valence-electron chi connectivity index (χ3n) is 5.82. The fraction of sp³-hybridized carbons (Fsp3) is 0.476. The first-order valence-electron chi connectivity index (χ1n) is 10.1. The van der Waals surface area contributed by atoms with Gasteiger partial charge in [0.25, 0.3) is 0 Å². The molecule has 0 spiro atoms. The Kier molecular flexibility index (Phi) is 5.53. The summed E-state index contributed by atoms with van der Waals surface area (Å²) in [4.78, 5) is 26.9. The number of fused-ring (bicyclic) bond motifs is 1. The molecule has 2 unspecified atom stereocenters. The molecule has 8 nitrogen and oxygen atoms in total. The highest BCUT2D eigenvalue weighted by Crippen LogP contribution is 2.25. The summed E-state index contributed by atoms with van der Waals surface area (Å²) in [5.41, 5.74) is 1.70. The zero-order valence-corrected chi connectivity index (χ0v) is 16.9. The van der Waals surface area contributed by atoms with Crippen LogP contribution in [0.5, 0.6) is 5.75 Å². The van der Waals surface area contributed by atoms with Gasteiger partial charge in [0.1, 0.15) is 5.75 Å². The Balaban J connectivity index is 1.41. The summed E-state index contributed by atoms with van der Waals surface area (Å²) in [5, 5.41) is 10.6. The normalized spacial score (nSPS) is 21.4. The molecule has 2 aliphatic rings. The number of aromatic nitrogens is 2. The number of amides is 2. The number of anilines is 1. The molecular formula is C21H27N5O3. The van der Waals surface area contributed by atoms with Crippen molar-refractivity contribution in [2.45, 2.75) is 32.2 Å². The number of hydrogen-bond donors (Lipinski definition) is 2. The zero-order chi connectivity index (χ0) is 20.4. The number of hydrogen-bond acceptors (Lipinski definition) is 5. The average Bonchev–Trinajstić information content (AvgIpc) is 3.12. The Hall–Kier alpha value is -2.87. The van der Waals surface area contributed by atoms with Gasteiger partial charge in [-0.3, -0.25) is 9.59 Å². The smallest absolute Gasteiger partial charge is 0.315 e. The van der Waals surface area contributed by atoms with Crippen molar-refractivity contribution in [1.29, 1.82) is 0 Å². The molecule has 1 aromatic carbocycles. The monoisotopic (exact) mass is 397 g/mol. The molecule has 0 bridgehead atoms. The molecule has 1 aromatic heterocycles. The highest BCUT2D eigenvalue weighted by molar-refractivity contribution is 6.39. The minimum Gasteiger partial charge on any atom is -0.497 e. The summed E-state index contributed by atoms with van der Waals surface area (Å²) in [7, 11) is 1.62. The van der Waals surface area contributed by atoms with Crippen LogP contribution < -0.4 is 15.4 Å². The number of rotatable bonds is 3. The van der Waals surface area contributed by atoms with Crippen molar-refractivity contribution in [3.63, 3.8) is 0 Å². The number of piperidine rings is 2. The molecule has 2 N–H and O–H groups in total. The van der Waals surface area contributed by atoms with Crippen molar-refractivity contribution in [2.75, 3.05) is 32.1 Å². The predicted molar refractivity (Wildman–Crippen MR) is 109 cm³/mol. The van der Waals surface area contributed by atoms with Gasteiger partial charge in [0.15, 0.2) is 5.82 Å². The van der Waals surface area contributed by atoms with Crippen molar-refractivity contribution in [1.82, 2.24) is 20.0 Å². The zero-order valence-electron chi connectivity index (χ0n) is 16.9. The van der Waals surface area contributed by atoms with E-state index in [9.17, 15) is 9.59 Å². The number of carbonyl (C=O) groups is 2. The number of nitrogens with zero attached hydrogens (tertiary/aromatic N) is 3. The molecule has 8 heteroatoms. The molecule has 0 radical (unpaired) electrons. The maximum atomic E-state index is 12.7. The summed E-state index contributed by atoms with van der Waals surface area (Å²) in [5.74, 6) is 0.448. The molecule has 2 aromatic rings. The molecule has 0 aliphatic carbocycles. The number of benzene rings is 1. The summed E-state index contributed by atoms with van der Waals surface area (Å²) in [6.07, 6.45) is 3.13. The van der Waals surface area contributed by atoms with Crippen LogP contribution in [0.4, 0.5) is 5.82 Å². The van der Waals surface area contributed by atoms with E-state index in [0.717, 1.165) is 42.9 Å². The number of ether oxygens (including phenoxy) is 1. The van der Waals surface area contributed by atoms with Crippen LogP contribution in [0.3, 0.4) is 0 Å².